The molecule has 0 aliphatic heterocycles. The Morgan fingerprint density at radius 3 is 2.42 bits per heavy atom. The molecule has 0 radical (unpaired) electrons. The second-order valence-corrected chi connectivity index (χ2v) is 7.73. The minimum atomic E-state index is -3.25. The van der Waals surface area contributed by atoms with Crippen molar-refractivity contribution in [3.05, 3.63) is 65.2 Å². The lowest BCUT2D eigenvalue weighted by Gasteiger charge is -2.13. The van der Waals surface area contributed by atoms with Crippen molar-refractivity contribution >= 4 is 10.0 Å². The van der Waals surface area contributed by atoms with Gasteiger partial charge in [-0.05, 0) is 30.2 Å². The molecular weight excluding hydrogens is 362 g/mol. The Labute approximate surface area is 152 Å². The van der Waals surface area contributed by atoms with Gasteiger partial charge in [0.2, 0.25) is 10.0 Å². The number of ether oxygens (including phenoxy) is 1. The SMILES string of the molecule is C[C@@H](NS(C)(=O)=O)c1ccc(CNCCOc2ccc(F)cc2F)cc1. The molecule has 0 saturated carbocycles. The number of benzene rings is 2. The van der Waals surface area contributed by atoms with Crippen LogP contribution < -0.4 is 14.8 Å². The lowest BCUT2D eigenvalue weighted by molar-refractivity contribution is 0.297. The monoisotopic (exact) mass is 384 g/mol. The summed E-state index contributed by atoms with van der Waals surface area (Å²) in [6, 6.07) is 10.4. The first-order chi connectivity index (χ1) is 12.2. The molecule has 2 N–H and O–H groups in total. The topological polar surface area (TPSA) is 67.4 Å². The molecule has 0 saturated heterocycles. The van der Waals surface area contributed by atoms with Gasteiger partial charge in [0, 0.05) is 25.2 Å². The van der Waals surface area contributed by atoms with E-state index in [9.17, 15) is 17.2 Å². The van der Waals surface area contributed by atoms with Crippen LogP contribution in [-0.4, -0.2) is 27.8 Å². The summed E-state index contributed by atoms with van der Waals surface area (Å²) >= 11 is 0. The molecule has 2 aromatic carbocycles. The quantitative estimate of drug-likeness (QED) is 0.653. The van der Waals surface area contributed by atoms with Gasteiger partial charge in [0.25, 0.3) is 0 Å². The van der Waals surface area contributed by atoms with Gasteiger partial charge in [-0.3, -0.25) is 0 Å². The van der Waals surface area contributed by atoms with E-state index in [4.69, 9.17) is 4.74 Å². The van der Waals surface area contributed by atoms with E-state index in [-0.39, 0.29) is 18.4 Å². The fourth-order valence-electron chi connectivity index (χ4n) is 2.37. The van der Waals surface area contributed by atoms with Crippen molar-refractivity contribution in [2.45, 2.75) is 19.5 Å². The van der Waals surface area contributed by atoms with Gasteiger partial charge < -0.3 is 10.1 Å². The number of halogens is 2. The molecular formula is C18H22F2N2O3S. The van der Waals surface area contributed by atoms with Gasteiger partial charge in [0.05, 0.1) is 6.26 Å². The number of hydrogen-bond acceptors (Lipinski definition) is 4. The first kappa shape index (κ1) is 20.3. The normalized spacial score (nSPS) is 12.8. The van der Waals surface area contributed by atoms with E-state index >= 15 is 0 Å². The van der Waals surface area contributed by atoms with Crippen LogP contribution in [0.4, 0.5) is 8.78 Å². The average Bonchev–Trinajstić information content (AvgIpc) is 2.55. The molecule has 0 unspecified atom stereocenters. The van der Waals surface area contributed by atoms with Crippen LogP contribution in [-0.2, 0) is 16.6 Å². The number of hydrogen-bond donors (Lipinski definition) is 2. The Morgan fingerprint density at radius 2 is 1.81 bits per heavy atom. The molecule has 0 spiro atoms. The third-order valence-electron chi connectivity index (χ3n) is 3.63. The largest absolute Gasteiger partial charge is 0.489 e. The van der Waals surface area contributed by atoms with Crippen LogP contribution in [0, 0.1) is 11.6 Å². The zero-order valence-corrected chi connectivity index (χ0v) is 15.4. The molecule has 142 valence electrons. The minimum absolute atomic E-state index is 0.0184. The molecule has 0 fully saturated rings. The van der Waals surface area contributed by atoms with Gasteiger partial charge in [-0.15, -0.1) is 0 Å². The van der Waals surface area contributed by atoms with Crippen LogP contribution in [0.2, 0.25) is 0 Å². The summed E-state index contributed by atoms with van der Waals surface area (Å²) < 4.78 is 56.5. The van der Waals surface area contributed by atoms with Gasteiger partial charge in [0.15, 0.2) is 11.6 Å². The molecule has 0 aromatic heterocycles. The van der Waals surface area contributed by atoms with Crippen molar-refractivity contribution in [1.29, 1.82) is 0 Å². The van der Waals surface area contributed by atoms with E-state index in [1.54, 1.807) is 6.92 Å². The smallest absolute Gasteiger partial charge is 0.209 e. The summed E-state index contributed by atoms with van der Waals surface area (Å²) in [7, 11) is -3.25. The van der Waals surface area contributed by atoms with Gasteiger partial charge in [-0.2, -0.15) is 0 Å². The number of sulfonamides is 1. The highest BCUT2D eigenvalue weighted by Gasteiger charge is 2.10. The maximum Gasteiger partial charge on any atom is 0.209 e. The third-order valence-corrected chi connectivity index (χ3v) is 4.41. The van der Waals surface area contributed by atoms with Gasteiger partial charge in [-0.1, -0.05) is 24.3 Å². The van der Waals surface area contributed by atoms with Crippen molar-refractivity contribution in [1.82, 2.24) is 10.0 Å². The molecule has 2 rings (SSSR count). The second kappa shape index (κ2) is 9.07. The molecule has 26 heavy (non-hydrogen) atoms. The Morgan fingerprint density at radius 1 is 1.12 bits per heavy atom. The van der Waals surface area contributed by atoms with Crippen molar-refractivity contribution in [3.63, 3.8) is 0 Å². The van der Waals surface area contributed by atoms with Crippen LogP contribution in [0.15, 0.2) is 42.5 Å². The third kappa shape index (κ3) is 6.70. The lowest BCUT2D eigenvalue weighted by atomic mass is 10.1. The minimum Gasteiger partial charge on any atom is -0.489 e. The van der Waals surface area contributed by atoms with Crippen LogP contribution in [0.1, 0.15) is 24.1 Å². The second-order valence-electron chi connectivity index (χ2n) is 5.95. The van der Waals surface area contributed by atoms with Gasteiger partial charge in [0.1, 0.15) is 12.4 Å². The summed E-state index contributed by atoms with van der Waals surface area (Å²) in [6.45, 7) is 3.10. The zero-order chi connectivity index (χ0) is 19.2. The van der Waals surface area contributed by atoms with E-state index in [1.165, 1.54) is 6.07 Å². The summed E-state index contributed by atoms with van der Waals surface area (Å²) in [5.74, 6) is -1.35. The summed E-state index contributed by atoms with van der Waals surface area (Å²) in [6.07, 6.45) is 1.13. The average molecular weight is 384 g/mol. The Hall–Kier alpha value is -2.03. The molecule has 0 bridgehead atoms. The Bertz CT molecular complexity index is 827. The molecule has 0 aliphatic carbocycles. The van der Waals surface area contributed by atoms with Crippen LogP contribution in [0.25, 0.3) is 0 Å². The maximum atomic E-state index is 13.4. The fourth-order valence-corrected chi connectivity index (χ4v) is 3.15. The fraction of sp³-hybridized carbons (Fsp3) is 0.333. The number of nitrogens with one attached hydrogen (secondary N) is 2. The molecule has 1 atom stereocenters. The zero-order valence-electron chi connectivity index (χ0n) is 14.6. The predicted molar refractivity (Wildman–Crippen MR) is 96.4 cm³/mol. The number of rotatable bonds is 9. The van der Waals surface area contributed by atoms with E-state index in [1.807, 2.05) is 24.3 Å². The molecule has 2 aromatic rings. The standard InChI is InChI=1S/C18H22F2N2O3S/c1-13(22-26(2,23)24)15-5-3-14(4-6-15)12-21-9-10-25-18-8-7-16(19)11-17(18)20/h3-8,11,13,21-22H,9-10,12H2,1-2H3/t13-/m1/s1. The van der Waals surface area contributed by atoms with Crippen LogP contribution >= 0.6 is 0 Å². The summed E-state index contributed by atoms with van der Waals surface area (Å²) in [4.78, 5) is 0. The van der Waals surface area contributed by atoms with Gasteiger partial charge >= 0.3 is 0 Å². The highest BCUT2D eigenvalue weighted by molar-refractivity contribution is 7.88. The van der Waals surface area contributed by atoms with E-state index in [0.717, 1.165) is 29.5 Å². The van der Waals surface area contributed by atoms with E-state index in [2.05, 4.69) is 10.0 Å². The van der Waals surface area contributed by atoms with Gasteiger partial charge in [-0.25, -0.2) is 21.9 Å². The van der Waals surface area contributed by atoms with E-state index < -0.39 is 21.7 Å². The molecule has 0 heterocycles. The summed E-state index contributed by atoms with van der Waals surface area (Å²) in [5.41, 5.74) is 1.89. The lowest BCUT2D eigenvalue weighted by Crippen LogP contribution is -2.25. The predicted octanol–water partition coefficient (Wildman–Crippen LogP) is 2.74. The highest BCUT2D eigenvalue weighted by atomic mass is 32.2. The van der Waals surface area contributed by atoms with Crippen molar-refractivity contribution < 1.29 is 21.9 Å². The highest BCUT2D eigenvalue weighted by Crippen LogP contribution is 2.17. The Balaban J connectivity index is 1.74. The van der Waals surface area contributed by atoms with Crippen molar-refractivity contribution in [2.75, 3.05) is 19.4 Å². The van der Waals surface area contributed by atoms with Crippen LogP contribution in [0.3, 0.4) is 0 Å². The first-order valence-electron chi connectivity index (χ1n) is 8.09. The Kier molecular flexibility index (Phi) is 7.07. The molecule has 0 amide bonds. The molecule has 8 heteroatoms. The summed E-state index contributed by atoms with van der Waals surface area (Å²) in [5, 5.41) is 3.16. The van der Waals surface area contributed by atoms with Crippen molar-refractivity contribution in [2.24, 2.45) is 0 Å². The molecule has 0 aliphatic rings. The molecule has 5 nitrogen and oxygen atoms in total. The maximum absolute atomic E-state index is 13.4. The first-order valence-corrected chi connectivity index (χ1v) is 9.98. The van der Waals surface area contributed by atoms with Crippen LogP contribution in [0.5, 0.6) is 5.75 Å². The van der Waals surface area contributed by atoms with E-state index in [0.29, 0.717) is 13.1 Å². The van der Waals surface area contributed by atoms with Crippen molar-refractivity contribution in [3.8, 4) is 5.75 Å².